The summed E-state index contributed by atoms with van der Waals surface area (Å²) in [6, 6.07) is 9.37. The van der Waals surface area contributed by atoms with E-state index in [1.54, 1.807) is 24.5 Å². The maximum absolute atomic E-state index is 12.5. The molecule has 110 valence electrons. The molecule has 22 heavy (non-hydrogen) atoms. The van der Waals surface area contributed by atoms with Gasteiger partial charge in [0.05, 0.1) is 6.54 Å². The van der Waals surface area contributed by atoms with Crippen LogP contribution in [0.5, 0.6) is 0 Å². The summed E-state index contributed by atoms with van der Waals surface area (Å²) in [7, 11) is 0. The van der Waals surface area contributed by atoms with Gasteiger partial charge in [0.1, 0.15) is 0 Å². The van der Waals surface area contributed by atoms with E-state index in [-0.39, 0.29) is 5.91 Å². The van der Waals surface area contributed by atoms with Gasteiger partial charge in [-0.15, -0.1) is 0 Å². The lowest BCUT2D eigenvalue weighted by Gasteiger charge is -2.27. The van der Waals surface area contributed by atoms with Crippen molar-refractivity contribution < 1.29 is 4.79 Å². The molecule has 0 aliphatic carbocycles. The van der Waals surface area contributed by atoms with E-state index in [1.807, 2.05) is 23.1 Å². The van der Waals surface area contributed by atoms with Crippen LogP contribution in [0.1, 0.15) is 21.6 Å². The first-order chi connectivity index (χ1) is 10.7. The van der Waals surface area contributed by atoms with Gasteiger partial charge in [0.2, 0.25) is 0 Å². The fourth-order valence-corrected chi connectivity index (χ4v) is 3.24. The van der Waals surface area contributed by atoms with Gasteiger partial charge in [0, 0.05) is 46.1 Å². The van der Waals surface area contributed by atoms with Crippen LogP contribution >= 0.6 is 11.6 Å². The lowest BCUT2D eigenvalue weighted by atomic mass is 10.0. The van der Waals surface area contributed by atoms with Crippen molar-refractivity contribution in [2.45, 2.75) is 13.0 Å². The van der Waals surface area contributed by atoms with Crippen molar-refractivity contribution in [1.29, 1.82) is 0 Å². The molecular weight excluding hydrogens is 298 g/mol. The van der Waals surface area contributed by atoms with Gasteiger partial charge in [-0.25, -0.2) is 0 Å². The second-order valence-electron chi connectivity index (χ2n) is 5.48. The Morgan fingerprint density at radius 1 is 1.23 bits per heavy atom. The number of benzene rings is 1. The number of pyridine rings is 1. The molecule has 0 radical (unpaired) electrons. The molecule has 1 aliphatic heterocycles. The first kappa shape index (κ1) is 13.3. The Morgan fingerprint density at radius 3 is 2.86 bits per heavy atom. The van der Waals surface area contributed by atoms with Crippen LogP contribution in [0.3, 0.4) is 0 Å². The summed E-state index contributed by atoms with van der Waals surface area (Å²) < 4.78 is 0. The van der Waals surface area contributed by atoms with Crippen molar-refractivity contribution in [3.8, 4) is 0 Å². The summed E-state index contributed by atoms with van der Waals surface area (Å²) in [4.78, 5) is 21.8. The van der Waals surface area contributed by atoms with Crippen molar-refractivity contribution in [1.82, 2.24) is 14.9 Å². The number of carbonyl (C=O) groups is 1. The number of halogens is 1. The van der Waals surface area contributed by atoms with Crippen LogP contribution in [0.25, 0.3) is 10.9 Å². The molecule has 0 saturated carbocycles. The molecule has 0 saturated heterocycles. The molecular formula is C17H14ClN3O. The Labute approximate surface area is 132 Å². The average Bonchev–Trinajstić information content (AvgIpc) is 2.92. The Kier molecular flexibility index (Phi) is 3.12. The Bertz CT molecular complexity index is 857. The lowest BCUT2D eigenvalue weighted by molar-refractivity contribution is 0.0733. The SMILES string of the molecule is O=C(c1ccncc1)N1CCc2c([nH]c3ccc(Cl)cc23)C1. The normalized spacial score (nSPS) is 14.1. The zero-order valence-electron chi connectivity index (χ0n) is 11.8. The highest BCUT2D eigenvalue weighted by atomic mass is 35.5. The lowest BCUT2D eigenvalue weighted by Crippen LogP contribution is -2.35. The van der Waals surface area contributed by atoms with E-state index in [0.29, 0.717) is 18.7 Å². The highest BCUT2D eigenvalue weighted by molar-refractivity contribution is 6.31. The van der Waals surface area contributed by atoms with Crippen LogP contribution in [0.4, 0.5) is 0 Å². The topological polar surface area (TPSA) is 49.0 Å². The van der Waals surface area contributed by atoms with Crippen molar-refractivity contribution in [2.24, 2.45) is 0 Å². The van der Waals surface area contributed by atoms with E-state index >= 15 is 0 Å². The van der Waals surface area contributed by atoms with Crippen LogP contribution in [-0.4, -0.2) is 27.3 Å². The summed E-state index contributed by atoms with van der Waals surface area (Å²) >= 11 is 6.09. The quantitative estimate of drug-likeness (QED) is 0.748. The van der Waals surface area contributed by atoms with E-state index in [9.17, 15) is 4.79 Å². The molecule has 4 nitrogen and oxygen atoms in total. The van der Waals surface area contributed by atoms with Crippen LogP contribution in [-0.2, 0) is 13.0 Å². The second-order valence-corrected chi connectivity index (χ2v) is 5.92. The van der Waals surface area contributed by atoms with E-state index in [4.69, 9.17) is 11.6 Å². The molecule has 4 rings (SSSR count). The van der Waals surface area contributed by atoms with Gasteiger partial charge in [-0.1, -0.05) is 11.6 Å². The Hall–Kier alpha value is -2.33. The number of H-pyrrole nitrogens is 1. The van der Waals surface area contributed by atoms with Crippen LogP contribution in [0, 0.1) is 0 Å². The number of hydrogen-bond acceptors (Lipinski definition) is 2. The van der Waals surface area contributed by atoms with Gasteiger partial charge >= 0.3 is 0 Å². The molecule has 0 bridgehead atoms. The zero-order valence-corrected chi connectivity index (χ0v) is 12.6. The number of amides is 1. The number of aromatic amines is 1. The molecule has 1 amide bonds. The summed E-state index contributed by atoms with van der Waals surface area (Å²) in [5, 5.41) is 1.91. The first-order valence-corrected chi connectivity index (χ1v) is 7.58. The number of nitrogens with one attached hydrogen (secondary N) is 1. The zero-order chi connectivity index (χ0) is 15.1. The number of rotatable bonds is 1. The number of carbonyl (C=O) groups excluding carboxylic acids is 1. The molecule has 0 spiro atoms. The molecule has 5 heteroatoms. The molecule has 1 aliphatic rings. The molecule has 0 fully saturated rings. The summed E-state index contributed by atoms with van der Waals surface area (Å²) in [5.41, 5.74) is 4.13. The smallest absolute Gasteiger partial charge is 0.254 e. The van der Waals surface area contributed by atoms with Crippen LogP contribution < -0.4 is 0 Å². The molecule has 1 N–H and O–H groups in total. The van der Waals surface area contributed by atoms with Crippen LogP contribution in [0.15, 0.2) is 42.7 Å². The van der Waals surface area contributed by atoms with Crippen molar-refractivity contribution in [2.75, 3.05) is 6.54 Å². The van der Waals surface area contributed by atoms with Crippen LogP contribution in [0.2, 0.25) is 5.02 Å². The van der Waals surface area contributed by atoms with Gasteiger partial charge in [0.15, 0.2) is 0 Å². The fourth-order valence-electron chi connectivity index (χ4n) is 3.06. The minimum atomic E-state index is 0.0461. The summed E-state index contributed by atoms with van der Waals surface area (Å²) in [5.74, 6) is 0.0461. The molecule has 3 aromatic rings. The number of fused-ring (bicyclic) bond motifs is 3. The van der Waals surface area contributed by atoms with Gasteiger partial charge < -0.3 is 9.88 Å². The monoisotopic (exact) mass is 311 g/mol. The largest absolute Gasteiger partial charge is 0.357 e. The fraction of sp³-hybridized carbons (Fsp3) is 0.176. The molecule has 2 aromatic heterocycles. The Balaban J connectivity index is 1.67. The van der Waals surface area contributed by atoms with Gasteiger partial charge in [-0.3, -0.25) is 9.78 Å². The minimum absolute atomic E-state index is 0.0461. The minimum Gasteiger partial charge on any atom is -0.357 e. The maximum atomic E-state index is 12.5. The Morgan fingerprint density at radius 2 is 2.05 bits per heavy atom. The molecule has 0 unspecified atom stereocenters. The third kappa shape index (κ3) is 2.16. The van der Waals surface area contributed by atoms with E-state index in [0.717, 1.165) is 22.7 Å². The maximum Gasteiger partial charge on any atom is 0.254 e. The van der Waals surface area contributed by atoms with E-state index < -0.39 is 0 Å². The third-order valence-electron chi connectivity index (χ3n) is 4.15. The molecule has 0 atom stereocenters. The number of aromatic nitrogens is 2. The van der Waals surface area contributed by atoms with E-state index in [1.165, 1.54) is 10.9 Å². The number of hydrogen-bond donors (Lipinski definition) is 1. The molecule has 1 aromatic carbocycles. The van der Waals surface area contributed by atoms with Crippen molar-refractivity contribution >= 4 is 28.4 Å². The van der Waals surface area contributed by atoms with Gasteiger partial charge in [-0.2, -0.15) is 0 Å². The third-order valence-corrected chi connectivity index (χ3v) is 4.39. The first-order valence-electron chi connectivity index (χ1n) is 7.20. The van der Waals surface area contributed by atoms with Gasteiger partial charge in [-0.05, 0) is 42.3 Å². The predicted octanol–water partition coefficient (Wildman–Crippen LogP) is 3.41. The predicted molar refractivity (Wildman–Crippen MR) is 86.0 cm³/mol. The van der Waals surface area contributed by atoms with E-state index in [2.05, 4.69) is 9.97 Å². The average molecular weight is 312 g/mol. The summed E-state index contributed by atoms with van der Waals surface area (Å²) in [6.07, 6.45) is 4.13. The number of nitrogens with zero attached hydrogens (tertiary/aromatic N) is 2. The van der Waals surface area contributed by atoms with Crippen molar-refractivity contribution in [3.05, 3.63) is 64.6 Å². The van der Waals surface area contributed by atoms with Crippen molar-refractivity contribution in [3.63, 3.8) is 0 Å². The second kappa shape index (κ2) is 5.14. The highest BCUT2D eigenvalue weighted by Gasteiger charge is 2.24. The van der Waals surface area contributed by atoms with Gasteiger partial charge in [0.25, 0.3) is 5.91 Å². The highest BCUT2D eigenvalue weighted by Crippen LogP contribution is 2.30. The standard InChI is InChI=1S/C17H14ClN3O/c18-12-1-2-15-14(9-12)13-5-8-21(10-16(13)20-15)17(22)11-3-6-19-7-4-11/h1-4,6-7,9,20H,5,8,10H2. The summed E-state index contributed by atoms with van der Waals surface area (Å²) in [6.45, 7) is 1.32. The molecule has 3 heterocycles.